The predicted octanol–water partition coefficient (Wildman–Crippen LogP) is 8.11. The van der Waals surface area contributed by atoms with E-state index in [-0.39, 0.29) is 50.7 Å². The minimum Gasteiger partial charge on any atom is -0.488 e. The van der Waals surface area contributed by atoms with Gasteiger partial charge in [-0.15, -0.1) is 0 Å². The average molecular weight is 942 g/mol. The Morgan fingerprint density at radius 2 is 0.980 bits per heavy atom. The molecule has 0 heterocycles. The molecule has 2 rings (SSSR count). The normalized spacial score (nSPS) is 11.8. The zero-order valence-electron chi connectivity index (χ0n) is 27.3. The molecular formula is C33H38Br4N2O10. The summed E-state index contributed by atoms with van der Waals surface area (Å²) in [5.41, 5.74) is 1.90. The van der Waals surface area contributed by atoms with Crippen LogP contribution in [0.15, 0.2) is 65.5 Å². The van der Waals surface area contributed by atoms with E-state index in [1.807, 2.05) is 24.3 Å². The largest absolute Gasteiger partial charge is 0.488 e. The van der Waals surface area contributed by atoms with E-state index >= 15 is 0 Å². The van der Waals surface area contributed by atoms with Crippen LogP contribution in [0.5, 0.6) is 11.5 Å². The number of carboxylic acid groups (broad SMARTS) is 2. The first-order valence-corrected chi connectivity index (χ1v) is 18.1. The lowest BCUT2D eigenvalue weighted by atomic mass is 9.78. The van der Waals surface area contributed by atoms with Crippen molar-refractivity contribution in [1.29, 1.82) is 0 Å². The Morgan fingerprint density at radius 1 is 0.653 bits per heavy atom. The standard InChI is InChI=1S/C33H38Br4N2O10/c1-19(29(40)41)7-5-9-38-31(44)48-13-11-46-27-23(34)15-21(16-24(27)35)33(3,4)22-17-25(36)28(26(37)18-22)47-12-14-49-32(45)39-10-6-8-20(2)30(42)43/h7-8,15-18H,5-6,9-14H2,1-4H3,(H,38,44)(H,39,45)(H,40,41)(H,42,43). The molecule has 0 saturated carbocycles. The van der Waals surface area contributed by atoms with Gasteiger partial charge in [0.25, 0.3) is 0 Å². The number of ether oxygens (including phenoxy) is 4. The van der Waals surface area contributed by atoms with Gasteiger partial charge in [0, 0.05) is 29.7 Å². The molecule has 0 saturated heterocycles. The molecule has 16 heteroatoms. The molecule has 0 aliphatic heterocycles. The Labute approximate surface area is 318 Å². The van der Waals surface area contributed by atoms with Crippen molar-refractivity contribution in [3.8, 4) is 11.5 Å². The zero-order valence-corrected chi connectivity index (χ0v) is 33.6. The minimum atomic E-state index is -1.00. The molecule has 0 aliphatic rings. The molecule has 2 aromatic rings. The highest BCUT2D eigenvalue weighted by Crippen LogP contribution is 2.44. The van der Waals surface area contributed by atoms with Gasteiger partial charge in [-0.2, -0.15) is 0 Å². The summed E-state index contributed by atoms with van der Waals surface area (Å²) in [7, 11) is 0. The van der Waals surface area contributed by atoms with Crippen molar-refractivity contribution in [1.82, 2.24) is 10.6 Å². The molecule has 0 aromatic heterocycles. The fourth-order valence-electron chi connectivity index (χ4n) is 4.04. The molecule has 2 amide bonds. The predicted molar refractivity (Wildman–Crippen MR) is 198 cm³/mol. The van der Waals surface area contributed by atoms with Crippen LogP contribution in [-0.2, 0) is 24.5 Å². The number of rotatable bonds is 18. The second kappa shape index (κ2) is 20.6. The summed E-state index contributed by atoms with van der Waals surface area (Å²) in [5, 5.41) is 22.8. The monoisotopic (exact) mass is 938 g/mol. The van der Waals surface area contributed by atoms with Crippen molar-refractivity contribution >= 4 is 87.8 Å². The molecule has 2 aromatic carbocycles. The summed E-state index contributed by atoms with van der Waals surface area (Å²) < 4.78 is 24.8. The van der Waals surface area contributed by atoms with Gasteiger partial charge in [-0.1, -0.05) is 26.0 Å². The SMILES string of the molecule is CC(=CCCNC(=O)OCCOc1c(Br)cc(C(C)(C)c2cc(Br)c(OCCOC(=O)NCCC=C(C)C(=O)O)c(Br)c2)cc1Br)C(=O)O. The van der Waals surface area contributed by atoms with Crippen molar-refractivity contribution in [3.05, 3.63) is 76.6 Å². The van der Waals surface area contributed by atoms with Crippen LogP contribution in [0.25, 0.3) is 0 Å². The Kier molecular flexibility index (Phi) is 17.7. The highest BCUT2D eigenvalue weighted by Gasteiger charge is 2.27. The van der Waals surface area contributed by atoms with Gasteiger partial charge in [0.2, 0.25) is 0 Å². The Balaban J connectivity index is 1.92. The number of aliphatic carboxylic acids is 2. The molecule has 0 radical (unpaired) electrons. The van der Waals surface area contributed by atoms with Crippen LogP contribution in [0, 0.1) is 0 Å². The number of carbonyl (C=O) groups excluding carboxylic acids is 2. The number of amides is 2. The van der Waals surface area contributed by atoms with E-state index in [9.17, 15) is 19.2 Å². The minimum absolute atomic E-state index is 0.00544. The molecule has 0 fully saturated rings. The molecule has 12 nitrogen and oxygen atoms in total. The Bertz CT molecular complexity index is 1420. The second-order valence-corrected chi connectivity index (χ2v) is 14.4. The lowest BCUT2D eigenvalue weighted by Gasteiger charge is -2.28. The highest BCUT2D eigenvalue weighted by molar-refractivity contribution is 9.11. The number of carboxylic acids is 2. The maximum atomic E-state index is 11.9. The first-order chi connectivity index (χ1) is 23.0. The van der Waals surface area contributed by atoms with Gasteiger partial charge >= 0.3 is 24.1 Å². The van der Waals surface area contributed by atoms with Crippen LogP contribution < -0.4 is 20.1 Å². The van der Waals surface area contributed by atoms with Gasteiger partial charge in [0.15, 0.2) is 0 Å². The maximum Gasteiger partial charge on any atom is 0.407 e. The summed E-state index contributed by atoms with van der Waals surface area (Å²) in [6, 6.07) is 7.83. The Morgan fingerprint density at radius 3 is 1.29 bits per heavy atom. The fourth-order valence-corrected chi connectivity index (χ4v) is 6.87. The van der Waals surface area contributed by atoms with Gasteiger partial charge < -0.3 is 39.8 Å². The van der Waals surface area contributed by atoms with E-state index in [1.165, 1.54) is 26.0 Å². The van der Waals surface area contributed by atoms with Crippen molar-refractivity contribution in [3.63, 3.8) is 0 Å². The molecule has 4 N–H and O–H groups in total. The summed E-state index contributed by atoms with van der Waals surface area (Å²) in [5.74, 6) is -0.911. The van der Waals surface area contributed by atoms with Crippen molar-refractivity contribution in [2.75, 3.05) is 39.5 Å². The van der Waals surface area contributed by atoms with E-state index in [2.05, 4.69) is 88.2 Å². The van der Waals surface area contributed by atoms with Gasteiger partial charge in [-0.3, -0.25) is 0 Å². The van der Waals surface area contributed by atoms with E-state index in [4.69, 9.17) is 29.2 Å². The zero-order chi connectivity index (χ0) is 36.7. The quantitative estimate of drug-likeness (QED) is 0.0846. The van der Waals surface area contributed by atoms with Crippen molar-refractivity contribution < 1.29 is 48.3 Å². The second-order valence-electron chi connectivity index (χ2n) is 10.9. The molecule has 0 spiro atoms. The van der Waals surface area contributed by atoms with Crippen LogP contribution in [0.3, 0.4) is 0 Å². The van der Waals surface area contributed by atoms with E-state index in [1.54, 1.807) is 0 Å². The number of hydrogen-bond acceptors (Lipinski definition) is 8. The van der Waals surface area contributed by atoms with Gasteiger partial charge in [-0.05, 0) is 126 Å². The summed E-state index contributed by atoms with van der Waals surface area (Å²) in [4.78, 5) is 45.4. The Hall–Kier alpha value is -3.08. The number of alkyl carbamates (subject to hydrolysis) is 2. The topological polar surface area (TPSA) is 170 Å². The van der Waals surface area contributed by atoms with E-state index in [0.29, 0.717) is 42.2 Å². The molecule has 0 bridgehead atoms. The molecule has 0 atom stereocenters. The fraction of sp³-hybridized carbons (Fsp3) is 0.394. The van der Waals surface area contributed by atoms with E-state index in [0.717, 1.165) is 11.1 Å². The van der Waals surface area contributed by atoms with E-state index < -0.39 is 29.5 Å². The smallest absolute Gasteiger partial charge is 0.407 e. The number of carbonyl (C=O) groups is 4. The molecule has 0 unspecified atom stereocenters. The summed E-state index contributed by atoms with van der Waals surface area (Å²) in [6.07, 6.45) is 2.54. The lowest BCUT2D eigenvalue weighted by molar-refractivity contribution is -0.133. The van der Waals surface area contributed by atoms with Crippen LogP contribution in [0.4, 0.5) is 9.59 Å². The highest BCUT2D eigenvalue weighted by atomic mass is 79.9. The number of halogens is 4. The van der Waals surface area contributed by atoms with Crippen LogP contribution in [0.1, 0.15) is 51.7 Å². The number of hydrogen-bond donors (Lipinski definition) is 4. The van der Waals surface area contributed by atoms with Crippen molar-refractivity contribution in [2.24, 2.45) is 0 Å². The lowest BCUT2D eigenvalue weighted by Crippen LogP contribution is -2.26. The molecular weight excluding hydrogens is 904 g/mol. The van der Waals surface area contributed by atoms with Gasteiger partial charge in [0.05, 0.1) is 17.9 Å². The summed E-state index contributed by atoms with van der Waals surface area (Å²) >= 11 is 14.4. The van der Waals surface area contributed by atoms with Crippen LogP contribution in [0.2, 0.25) is 0 Å². The average Bonchev–Trinajstić information content (AvgIpc) is 3.02. The van der Waals surface area contributed by atoms with Gasteiger partial charge in [-0.25, -0.2) is 19.2 Å². The third-order valence-electron chi connectivity index (χ3n) is 6.97. The van der Waals surface area contributed by atoms with Crippen LogP contribution >= 0.6 is 63.7 Å². The number of benzene rings is 2. The molecule has 268 valence electrons. The maximum absolute atomic E-state index is 11.9. The third kappa shape index (κ3) is 14.0. The first kappa shape index (κ1) is 42.1. The summed E-state index contributed by atoms with van der Waals surface area (Å²) in [6.45, 7) is 7.83. The first-order valence-electron chi connectivity index (χ1n) is 14.9. The molecule has 49 heavy (non-hydrogen) atoms. The number of nitrogens with one attached hydrogen (secondary N) is 2. The van der Waals surface area contributed by atoms with Crippen molar-refractivity contribution in [2.45, 2.75) is 46.0 Å². The van der Waals surface area contributed by atoms with Gasteiger partial charge in [0.1, 0.15) is 37.9 Å². The third-order valence-corrected chi connectivity index (χ3v) is 9.32. The molecule has 0 aliphatic carbocycles. The van der Waals surface area contributed by atoms with Crippen LogP contribution in [-0.4, -0.2) is 73.9 Å².